The first-order chi connectivity index (χ1) is 13.3. The first kappa shape index (κ1) is 19.6. The highest BCUT2D eigenvalue weighted by atomic mass is 16.5. The topological polar surface area (TPSA) is 84.0 Å². The maximum atomic E-state index is 11.9. The molecule has 7 nitrogen and oxygen atoms in total. The van der Waals surface area contributed by atoms with Gasteiger partial charge in [0.15, 0.2) is 5.96 Å². The number of hydrogen-bond acceptors (Lipinski definition) is 4. The quantitative estimate of drug-likeness (QED) is 0.385. The van der Waals surface area contributed by atoms with Crippen molar-refractivity contribution in [2.24, 2.45) is 4.99 Å². The van der Waals surface area contributed by atoms with E-state index in [9.17, 15) is 4.79 Å². The standard InChI is InChI=1S/C20H30N4O3/c1-21-20(22-9-4-10-27-16-7-11-26-12-8-16)23-14-15-13-19(25)24-18-6-3-2-5-17(15)18/h2-3,5-6,15-16H,4,7-14H2,1H3,(H,24,25)(H2,21,22,23). The molecule has 3 N–H and O–H groups in total. The van der Waals surface area contributed by atoms with E-state index in [2.05, 4.69) is 27.0 Å². The fourth-order valence-corrected chi connectivity index (χ4v) is 3.50. The van der Waals surface area contributed by atoms with Gasteiger partial charge in [0.1, 0.15) is 0 Å². The summed E-state index contributed by atoms with van der Waals surface area (Å²) in [5.74, 6) is 0.962. The maximum absolute atomic E-state index is 11.9. The smallest absolute Gasteiger partial charge is 0.225 e. The van der Waals surface area contributed by atoms with Crippen LogP contribution in [-0.4, -0.2) is 57.9 Å². The summed E-state index contributed by atoms with van der Waals surface area (Å²) >= 11 is 0. The molecule has 0 saturated carbocycles. The number of fused-ring (bicyclic) bond motifs is 1. The third-order valence-corrected chi connectivity index (χ3v) is 4.98. The zero-order valence-electron chi connectivity index (χ0n) is 16.0. The second-order valence-corrected chi connectivity index (χ2v) is 6.95. The number of hydrogen-bond donors (Lipinski definition) is 3. The van der Waals surface area contributed by atoms with Crippen molar-refractivity contribution in [2.45, 2.75) is 37.7 Å². The molecule has 2 heterocycles. The van der Waals surface area contributed by atoms with E-state index in [-0.39, 0.29) is 11.8 Å². The number of rotatable bonds is 7. The molecular formula is C20H30N4O3. The zero-order valence-corrected chi connectivity index (χ0v) is 16.0. The molecule has 27 heavy (non-hydrogen) atoms. The molecular weight excluding hydrogens is 344 g/mol. The number of carbonyl (C=O) groups excluding carboxylic acids is 1. The van der Waals surface area contributed by atoms with Crippen LogP contribution >= 0.6 is 0 Å². The molecule has 1 aromatic carbocycles. The molecule has 0 bridgehead atoms. The van der Waals surface area contributed by atoms with Gasteiger partial charge in [0.2, 0.25) is 5.91 Å². The summed E-state index contributed by atoms with van der Waals surface area (Å²) < 4.78 is 11.2. The summed E-state index contributed by atoms with van der Waals surface area (Å²) in [6.45, 7) is 3.82. The molecule has 7 heteroatoms. The molecule has 0 aliphatic carbocycles. The number of guanidine groups is 1. The Bertz CT molecular complexity index is 644. The van der Waals surface area contributed by atoms with Crippen molar-refractivity contribution in [1.82, 2.24) is 10.6 Å². The average Bonchev–Trinajstić information content (AvgIpc) is 2.70. The van der Waals surface area contributed by atoms with Crippen LogP contribution in [0.2, 0.25) is 0 Å². The zero-order chi connectivity index (χ0) is 18.9. The number of ether oxygens (including phenoxy) is 2. The fourth-order valence-electron chi connectivity index (χ4n) is 3.50. The van der Waals surface area contributed by atoms with Gasteiger partial charge < -0.3 is 25.4 Å². The first-order valence-corrected chi connectivity index (χ1v) is 9.79. The van der Waals surface area contributed by atoms with Crippen LogP contribution in [0, 0.1) is 0 Å². The van der Waals surface area contributed by atoms with Crippen LogP contribution < -0.4 is 16.0 Å². The van der Waals surface area contributed by atoms with E-state index in [4.69, 9.17) is 9.47 Å². The normalized spacial score (nSPS) is 20.7. The van der Waals surface area contributed by atoms with Crippen molar-refractivity contribution >= 4 is 17.6 Å². The number of benzene rings is 1. The number of aliphatic imine (C=N–C) groups is 1. The number of para-hydroxylation sites is 1. The molecule has 1 unspecified atom stereocenters. The molecule has 0 radical (unpaired) electrons. The molecule has 3 rings (SSSR count). The van der Waals surface area contributed by atoms with Gasteiger partial charge >= 0.3 is 0 Å². The van der Waals surface area contributed by atoms with Crippen molar-refractivity contribution in [1.29, 1.82) is 0 Å². The van der Waals surface area contributed by atoms with Crippen LogP contribution in [0.15, 0.2) is 29.3 Å². The van der Waals surface area contributed by atoms with Gasteiger partial charge in [-0.05, 0) is 30.9 Å². The molecule has 1 aromatic rings. The molecule has 2 aliphatic heterocycles. The Balaban J connectivity index is 1.37. The van der Waals surface area contributed by atoms with Gasteiger partial charge in [-0.25, -0.2) is 0 Å². The van der Waals surface area contributed by atoms with Gasteiger partial charge in [-0.2, -0.15) is 0 Å². The van der Waals surface area contributed by atoms with Crippen LogP contribution in [-0.2, 0) is 14.3 Å². The van der Waals surface area contributed by atoms with Crippen molar-refractivity contribution in [3.05, 3.63) is 29.8 Å². The predicted octanol–water partition coefficient (Wildman–Crippen LogP) is 1.86. The number of nitrogens with zero attached hydrogens (tertiary/aromatic N) is 1. The Morgan fingerprint density at radius 3 is 2.93 bits per heavy atom. The minimum atomic E-state index is 0.0636. The van der Waals surface area contributed by atoms with Crippen molar-refractivity contribution in [3.63, 3.8) is 0 Å². The second-order valence-electron chi connectivity index (χ2n) is 6.95. The highest BCUT2D eigenvalue weighted by Gasteiger charge is 2.24. The van der Waals surface area contributed by atoms with Gasteiger partial charge in [0.25, 0.3) is 0 Å². The minimum Gasteiger partial charge on any atom is -0.381 e. The van der Waals surface area contributed by atoms with E-state index in [0.29, 0.717) is 19.1 Å². The Labute approximate surface area is 160 Å². The van der Waals surface area contributed by atoms with E-state index in [1.54, 1.807) is 7.05 Å². The predicted molar refractivity (Wildman–Crippen MR) is 106 cm³/mol. The van der Waals surface area contributed by atoms with Crippen molar-refractivity contribution in [2.75, 3.05) is 45.3 Å². The van der Waals surface area contributed by atoms with Crippen LogP contribution in [0.25, 0.3) is 0 Å². The summed E-state index contributed by atoms with van der Waals surface area (Å²) in [4.78, 5) is 16.2. The van der Waals surface area contributed by atoms with Crippen LogP contribution in [0.3, 0.4) is 0 Å². The van der Waals surface area contributed by atoms with E-state index in [1.165, 1.54) is 5.56 Å². The number of carbonyl (C=O) groups is 1. The Morgan fingerprint density at radius 2 is 2.11 bits per heavy atom. The van der Waals surface area contributed by atoms with Crippen LogP contribution in [0.4, 0.5) is 5.69 Å². The number of amides is 1. The Hall–Kier alpha value is -2.12. The monoisotopic (exact) mass is 374 g/mol. The number of anilines is 1. The average molecular weight is 374 g/mol. The van der Waals surface area contributed by atoms with Gasteiger partial charge in [0.05, 0.1) is 6.10 Å². The Kier molecular flexibility index (Phi) is 7.47. The summed E-state index contributed by atoms with van der Waals surface area (Å²) in [5, 5.41) is 9.59. The molecule has 0 spiro atoms. The lowest BCUT2D eigenvalue weighted by molar-refractivity contribution is -0.116. The van der Waals surface area contributed by atoms with E-state index in [0.717, 1.165) is 57.3 Å². The van der Waals surface area contributed by atoms with Gasteiger partial charge in [-0.15, -0.1) is 0 Å². The van der Waals surface area contributed by atoms with Gasteiger partial charge in [0, 0.05) is 58.0 Å². The molecule has 148 valence electrons. The van der Waals surface area contributed by atoms with E-state index in [1.807, 2.05) is 18.2 Å². The minimum absolute atomic E-state index is 0.0636. The molecule has 0 aromatic heterocycles. The Morgan fingerprint density at radius 1 is 1.30 bits per heavy atom. The molecule has 1 amide bonds. The molecule has 2 aliphatic rings. The van der Waals surface area contributed by atoms with Gasteiger partial charge in [-0.1, -0.05) is 18.2 Å². The highest BCUT2D eigenvalue weighted by molar-refractivity contribution is 5.94. The summed E-state index contributed by atoms with van der Waals surface area (Å²) in [6, 6.07) is 7.97. The summed E-state index contributed by atoms with van der Waals surface area (Å²) in [6.07, 6.45) is 3.74. The first-order valence-electron chi connectivity index (χ1n) is 9.79. The van der Waals surface area contributed by atoms with Crippen molar-refractivity contribution in [3.8, 4) is 0 Å². The highest BCUT2D eigenvalue weighted by Crippen LogP contribution is 2.31. The van der Waals surface area contributed by atoms with Crippen molar-refractivity contribution < 1.29 is 14.3 Å². The van der Waals surface area contributed by atoms with E-state index >= 15 is 0 Å². The third-order valence-electron chi connectivity index (χ3n) is 4.98. The summed E-state index contributed by atoms with van der Waals surface area (Å²) in [5.41, 5.74) is 2.08. The molecule has 1 atom stereocenters. The molecule has 1 saturated heterocycles. The van der Waals surface area contributed by atoms with Crippen LogP contribution in [0.1, 0.15) is 37.2 Å². The third kappa shape index (κ3) is 5.94. The lowest BCUT2D eigenvalue weighted by atomic mass is 9.90. The second kappa shape index (κ2) is 10.3. The number of nitrogens with one attached hydrogen (secondary N) is 3. The summed E-state index contributed by atoms with van der Waals surface area (Å²) in [7, 11) is 1.76. The van der Waals surface area contributed by atoms with E-state index < -0.39 is 0 Å². The largest absolute Gasteiger partial charge is 0.381 e. The SMILES string of the molecule is CN=C(NCCCOC1CCOCC1)NCC1CC(=O)Nc2ccccc21. The van der Waals surface area contributed by atoms with Gasteiger partial charge in [-0.3, -0.25) is 9.79 Å². The lowest BCUT2D eigenvalue weighted by Gasteiger charge is -2.26. The van der Waals surface area contributed by atoms with Crippen LogP contribution in [0.5, 0.6) is 0 Å². The maximum Gasteiger partial charge on any atom is 0.225 e. The fraction of sp³-hybridized carbons (Fsp3) is 0.600. The molecule has 1 fully saturated rings. The lowest BCUT2D eigenvalue weighted by Crippen LogP contribution is -2.41.